The van der Waals surface area contributed by atoms with E-state index in [1.54, 1.807) is 6.20 Å². The molecule has 2 N–H and O–H groups in total. The Morgan fingerprint density at radius 1 is 1.03 bits per heavy atom. The van der Waals surface area contributed by atoms with Crippen LogP contribution in [0.1, 0.15) is 0 Å². The van der Waals surface area contributed by atoms with Gasteiger partial charge in [0, 0.05) is 40.8 Å². The number of aromatic amines is 1. The first kappa shape index (κ1) is 17.9. The molecule has 3 heterocycles. The third-order valence-corrected chi connectivity index (χ3v) is 5.08. The average Bonchev–Trinajstić information content (AvgIpc) is 3.22. The van der Waals surface area contributed by atoms with E-state index in [-0.39, 0.29) is 0 Å². The maximum absolute atomic E-state index is 6.20. The molecule has 0 unspecified atom stereocenters. The molecule has 1 saturated heterocycles. The smallest absolute Gasteiger partial charge is 0.228 e. The maximum atomic E-state index is 6.20. The summed E-state index contributed by atoms with van der Waals surface area (Å²) in [6, 6.07) is 15.7. The Morgan fingerprint density at radius 3 is 2.79 bits per heavy atom. The molecule has 7 nitrogen and oxygen atoms in total. The van der Waals surface area contributed by atoms with Crippen molar-refractivity contribution in [2.75, 3.05) is 36.5 Å². The number of benzene rings is 2. The number of fused-ring (bicyclic) bond motifs is 1. The summed E-state index contributed by atoms with van der Waals surface area (Å²) in [6.45, 7) is 2.87. The fourth-order valence-electron chi connectivity index (χ4n) is 3.37. The summed E-state index contributed by atoms with van der Waals surface area (Å²) in [5.41, 5.74) is 3.69. The minimum Gasteiger partial charge on any atom is -0.378 e. The average molecular weight is 407 g/mol. The normalized spacial score (nSPS) is 14.3. The first-order valence-electron chi connectivity index (χ1n) is 9.42. The predicted molar refractivity (Wildman–Crippen MR) is 115 cm³/mol. The Kier molecular flexibility index (Phi) is 4.75. The number of rotatable bonds is 4. The number of ether oxygens (including phenoxy) is 1. The van der Waals surface area contributed by atoms with Crippen molar-refractivity contribution in [3.8, 4) is 11.3 Å². The maximum Gasteiger partial charge on any atom is 0.228 e. The van der Waals surface area contributed by atoms with E-state index >= 15 is 0 Å². The molecule has 0 bridgehead atoms. The van der Waals surface area contributed by atoms with E-state index in [2.05, 4.69) is 20.4 Å². The van der Waals surface area contributed by atoms with Gasteiger partial charge < -0.3 is 15.0 Å². The molecule has 29 heavy (non-hydrogen) atoms. The van der Waals surface area contributed by atoms with Crippen molar-refractivity contribution in [2.24, 2.45) is 0 Å². The highest BCUT2D eigenvalue weighted by atomic mass is 35.5. The van der Waals surface area contributed by atoms with Crippen molar-refractivity contribution in [3.05, 3.63) is 59.8 Å². The molecule has 0 atom stereocenters. The highest BCUT2D eigenvalue weighted by Gasteiger charge is 2.17. The van der Waals surface area contributed by atoms with Crippen LogP contribution in [-0.2, 0) is 4.74 Å². The summed E-state index contributed by atoms with van der Waals surface area (Å²) in [5, 5.41) is 12.2. The predicted octanol–water partition coefficient (Wildman–Crippen LogP) is 4.25. The van der Waals surface area contributed by atoms with Gasteiger partial charge in [0.1, 0.15) is 5.82 Å². The topological polar surface area (TPSA) is 79.0 Å². The van der Waals surface area contributed by atoms with Crippen molar-refractivity contribution in [2.45, 2.75) is 0 Å². The fraction of sp³-hybridized carbons (Fsp3) is 0.190. The van der Waals surface area contributed by atoms with Crippen LogP contribution >= 0.6 is 11.6 Å². The minimum absolute atomic E-state index is 0.671. The molecule has 2 aromatic heterocycles. The van der Waals surface area contributed by atoms with Crippen molar-refractivity contribution in [3.63, 3.8) is 0 Å². The van der Waals surface area contributed by atoms with Crippen LogP contribution in [0.5, 0.6) is 0 Å². The molecule has 146 valence electrons. The number of anilines is 3. The van der Waals surface area contributed by atoms with E-state index in [1.807, 2.05) is 48.5 Å². The molecular weight excluding hydrogens is 388 g/mol. The highest BCUT2D eigenvalue weighted by molar-refractivity contribution is 6.30. The van der Waals surface area contributed by atoms with Crippen molar-refractivity contribution in [1.29, 1.82) is 0 Å². The van der Waals surface area contributed by atoms with Gasteiger partial charge in [-0.2, -0.15) is 10.1 Å². The lowest BCUT2D eigenvalue weighted by Crippen LogP contribution is -2.37. The van der Waals surface area contributed by atoms with Gasteiger partial charge in [0.15, 0.2) is 0 Å². The Morgan fingerprint density at radius 2 is 1.93 bits per heavy atom. The van der Waals surface area contributed by atoms with E-state index in [0.717, 1.165) is 46.8 Å². The number of hydrogen-bond acceptors (Lipinski definition) is 6. The van der Waals surface area contributed by atoms with Gasteiger partial charge in [-0.05, 0) is 30.3 Å². The summed E-state index contributed by atoms with van der Waals surface area (Å²) in [4.78, 5) is 11.7. The van der Waals surface area contributed by atoms with Crippen LogP contribution in [0.15, 0.2) is 54.7 Å². The zero-order valence-electron chi connectivity index (χ0n) is 15.6. The molecule has 1 aliphatic rings. The summed E-state index contributed by atoms with van der Waals surface area (Å²) < 4.78 is 5.47. The SMILES string of the molecule is Clc1cccc(-c2cc(Nc3ccc4[nH]ncc4c3)nc(N3CCOCC3)n2)c1. The van der Waals surface area contributed by atoms with Gasteiger partial charge in [0.05, 0.1) is 30.6 Å². The molecule has 5 rings (SSSR count). The van der Waals surface area contributed by atoms with Crippen LogP contribution in [0.25, 0.3) is 22.2 Å². The number of nitrogens with zero attached hydrogens (tertiary/aromatic N) is 4. The molecule has 0 saturated carbocycles. The largest absolute Gasteiger partial charge is 0.378 e. The van der Waals surface area contributed by atoms with Gasteiger partial charge in [0.2, 0.25) is 5.95 Å². The quantitative estimate of drug-likeness (QED) is 0.527. The van der Waals surface area contributed by atoms with Crippen LogP contribution in [0.3, 0.4) is 0 Å². The molecule has 0 aliphatic carbocycles. The van der Waals surface area contributed by atoms with Crippen LogP contribution in [0.4, 0.5) is 17.5 Å². The van der Waals surface area contributed by atoms with E-state index in [4.69, 9.17) is 26.3 Å². The summed E-state index contributed by atoms with van der Waals surface area (Å²) >= 11 is 6.20. The lowest BCUT2D eigenvalue weighted by atomic mass is 10.1. The first-order chi connectivity index (χ1) is 14.2. The number of morpholine rings is 1. The Bertz CT molecular complexity index is 1150. The lowest BCUT2D eigenvalue weighted by molar-refractivity contribution is 0.122. The standard InChI is InChI=1S/C21H19ClN6O/c22-16-3-1-2-14(10-16)19-12-20(26-21(25-19)28-6-8-29-9-7-28)24-17-4-5-18-15(11-17)13-23-27-18/h1-5,10-13H,6-9H2,(H,23,27)(H,24,25,26). The van der Waals surface area contributed by atoms with Crippen molar-refractivity contribution >= 4 is 40.0 Å². The van der Waals surface area contributed by atoms with E-state index < -0.39 is 0 Å². The van der Waals surface area contributed by atoms with Crippen LogP contribution < -0.4 is 10.2 Å². The second kappa shape index (κ2) is 7.69. The van der Waals surface area contributed by atoms with Gasteiger partial charge in [-0.3, -0.25) is 5.10 Å². The van der Waals surface area contributed by atoms with Gasteiger partial charge in [0.25, 0.3) is 0 Å². The Hall–Kier alpha value is -3.16. The molecule has 1 aliphatic heterocycles. The summed E-state index contributed by atoms with van der Waals surface area (Å²) in [5.74, 6) is 1.40. The monoisotopic (exact) mass is 406 g/mol. The summed E-state index contributed by atoms with van der Waals surface area (Å²) in [7, 11) is 0. The van der Waals surface area contributed by atoms with Crippen molar-refractivity contribution < 1.29 is 4.74 Å². The molecule has 4 aromatic rings. The minimum atomic E-state index is 0.671. The molecule has 0 spiro atoms. The van der Waals surface area contributed by atoms with Gasteiger partial charge in [-0.15, -0.1) is 0 Å². The lowest BCUT2D eigenvalue weighted by Gasteiger charge is -2.27. The van der Waals surface area contributed by atoms with Gasteiger partial charge in [-0.1, -0.05) is 23.7 Å². The molecule has 1 fully saturated rings. The van der Waals surface area contributed by atoms with E-state index in [9.17, 15) is 0 Å². The zero-order chi connectivity index (χ0) is 19.6. The zero-order valence-corrected chi connectivity index (χ0v) is 16.4. The third kappa shape index (κ3) is 3.87. The first-order valence-corrected chi connectivity index (χ1v) is 9.80. The Labute approximate surface area is 172 Å². The number of aromatic nitrogens is 4. The van der Waals surface area contributed by atoms with Crippen LogP contribution in [0.2, 0.25) is 5.02 Å². The van der Waals surface area contributed by atoms with Crippen LogP contribution in [0, 0.1) is 0 Å². The van der Waals surface area contributed by atoms with Gasteiger partial charge >= 0.3 is 0 Å². The number of nitrogens with one attached hydrogen (secondary N) is 2. The number of H-pyrrole nitrogens is 1. The highest BCUT2D eigenvalue weighted by Crippen LogP contribution is 2.28. The third-order valence-electron chi connectivity index (χ3n) is 4.84. The van der Waals surface area contributed by atoms with E-state index in [0.29, 0.717) is 24.2 Å². The second-order valence-corrected chi connectivity index (χ2v) is 7.28. The number of halogens is 1. The van der Waals surface area contributed by atoms with Gasteiger partial charge in [-0.25, -0.2) is 4.98 Å². The van der Waals surface area contributed by atoms with E-state index in [1.165, 1.54) is 0 Å². The Balaban J connectivity index is 1.54. The molecule has 0 amide bonds. The number of hydrogen-bond donors (Lipinski definition) is 2. The summed E-state index contributed by atoms with van der Waals surface area (Å²) in [6.07, 6.45) is 1.80. The van der Waals surface area contributed by atoms with Crippen LogP contribution in [-0.4, -0.2) is 46.5 Å². The molecule has 8 heteroatoms. The molecular formula is C21H19ClN6O. The molecule has 0 radical (unpaired) electrons. The fourth-order valence-corrected chi connectivity index (χ4v) is 3.56. The van der Waals surface area contributed by atoms with Crippen molar-refractivity contribution in [1.82, 2.24) is 20.2 Å². The second-order valence-electron chi connectivity index (χ2n) is 6.85. The molecule has 2 aromatic carbocycles.